The van der Waals surface area contributed by atoms with Crippen LogP contribution in [-0.2, 0) is 6.54 Å². The third kappa shape index (κ3) is 4.59. The van der Waals surface area contributed by atoms with Gasteiger partial charge in [0.15, 0.2) is 0 Å². The minimum atomic E-state index is 0.793. The average Bonchev–Trinajstić information content (AvgIpc) is 3.07. The SMILES string of the molecule is CN(CCNC1CC1)Cc1cc(Cl)ccc1Br. The van der Waals surface area contributed by atoms with Gasteiger partial charge < -0.3 is 10.2 Å². The van der Waals surface area contributed by atoms with Crippen molar-refractivity contribution in [1.29, 1.82) is 0 Å². The molecule has 0 saturated heterocycles. The molecule has 1 fully saturated rings. The Hall–Kier alpha value is -0.0900. The number of nitrogens with one attached hydrogen (secondary N) is 1. The lowest BCUT2D eigenvalue weighted by atomic mass is 10.2. The maximum Gasteiger partial charge on any atom is 0.0410 e. The molecule has 1 saturated carbocycles. The van der Waals surface area contributed by atoms with Gasteiger partial charge in [0, 0.05) is 35.2 Å². The van der Waals surface area contributed by atoms with Crippen LogP contribution in [0.1, 0.15) is 18.4 Å². The molecule has 0 aromatic heterocycles. The van der Waals surface area contributed by atoms with Crippen LogP contribution < -0.4 is 5.32 Å². The highest BCUT2D eigenvalue weighted by atomic mass is 79.9. The second-order valence-electron chi connectivity index (χ2n) is 4.70. The number of benzene rings is 1. The fourth-order valence-corrected chi connectivity index (χ4v) is 2.35. The van der Waals surface area contributed by atoms with Crippen molar-refractivity contribution in [3.05, 3.63) is 33.3 Å². The van der Waals surface area contributed by atoms with Gasteiger partial charge in [-0.25, -0.2) is 0 Å². The number of likely N-dealkylation sites (N-methyl/N-ethyl adjacent to an activating group) is 1. The van der Waals surface area contributed by atoms with Gasteiger partial charge in [0.05, 0.1) is 0 Å². The van der Waals surface area contributed by atoms with Crippen molar-refractivity contribution >= 4 is 27.5 Å². The first-order chi connectivity index (χ1) is 8.15. The predicted molar refractivity (Wildman–Crippen MR) is 76.5 cm³/mol. The zero-order chi connectivity index (χ0) is 12.3. The summed E-state index contributed by atoms with van der Waals surface area (Å²) >= 11 is 9.56. The smallest absolute Gasteiger partial charge is 0.0410 e. The molecule has 0 spiro atoms. The van der Waals surface area contributed by atoms with E-state index in [1.54, 1.807) is 0 Å². The van der Waals surface area contributed by atoms with Crippen molar-refractivity contribution in [3.63, 3.8) is 0 Å². The van der Waals surface area contributed by atoms with E-state index < -0.39 is 0 Å². The first-order valence-electron chi connectivity index (χ1n) is 6.01. The molecule has 17 heavy (non-hydrogen) atoms. The van der Waals surface area contributed by atoms with E-state index in [9.17, 15) is 0 Å². The number of rotatable bonds is 6. The Morgan fingerprint density at radius 1 is 1.47 bits per heavy atom. The molecule has 0 atom stereocenters. The van der Waals surface area contributed by atoms with Crippen LogP contribution in [0.4, 0.5) is 0 Å². The molecule has 0 heterocycles. The van der Waals surface area contributed by atoms with E-state index in [0.29, 0.717) is 0 Å². The van der Waals surface area contributed by atoms with E-state index in [4.69, 9.17) is 11.6 Å². The van der Waals surface area contributed by atoms with Crippen LogP contribution in [0.15, 0.2) is 22.7 Å². The molecule has 4 heteroatoms. The Morgan fingerprint density at radius 2 is 2.24 bits per heavy atom. The molecule has 0 aliphatic heterocycles. The number of halogens is 2. The molecule has 94 valence electrons. The van der Waals surface area contributed by atoms with Crippen LogP contribution in [0.3, 0.4) is 0 Å². The lowest BCUT2D eigenvalue weighted by Gasteiger charge is -2.18. The molecule has 0 bridgehead atoms. The van der Waals surface area contributed by atoms with Crippen LogP contribution >= 0.6 is 27.5 Å². The molecule has 2 nitrogen and oxygen atoms in total. The second kappa shape index (κ2) is 6.19. The third-order valence-corrected chi connectivity index (χ3v) is 3.96. The quantitative estimate of drug-likeness (QED) is 0.866. The molecule has 0 unspecified atom stereocenters. The standard InChI is InChI=1S/C13H18BrClN2/c1-17(7-6-16-12-3-4-12)9-10-8-11(15)2-5-13(10)14/h2,5,8,12,16H,3-4,6-7,9H2,1H3. The molecule has 2 rings (SSSR count). The predicted octanol–water partition coefficient (Wildman–Crippen LogP) is 3.29. The first-order valence-corrected chi connectivity index (χ1v) is 7.18. The Labute approximate surface area is 116 Å². The molecule has 1 aliphatic rings. The van der Waals surface area contributed by atoms with Crippen LogP contribution in [0, 0.1) is 0 Å². The van der Waals surface area contributed by atoms with Gasteiger partial charge in [-0.3, -0.25) is 0 Å². The van der Waals surface area contributed by atoms with Crippen LogP contribution in [-0.4, -0.2) is 31.1 Å². The maximum absolute atomic E-state index is 6.00. The van der Waals surface area contributed by atoms with Crippen LogP contribution in [0.5, 0.6) is 0 Å². The Balaban J connectivity index is 1.79. The number of hydrogen-bond donors (Lipinski definition) is 1. The summed E-state index contributed by atoms with van der Waals surface area (Å²) in [4.78, 5) is 2.31. The summed E-state index contributed by atoms with van der Waals surface area (Å²) in [7, 11) is 2.14. The van der Waals surface area contributed by atoms with Gasteiger partial charge in [-0.2, -0.15) is 0 Å². The van der Waals surface area contributed by atoms with Gasteiger partial charge >= 0.3 is 0 Å². The zero-order valence-corrected chi connectivity index (χ0v) is 12.4. The Kier molecular flexibility index (Phi) is 4.86. The van der Waals surface area contributed by atoms with Crippen molar-refractivity contribution in [2.45, 2.75) is 25.4 Å². The topological polar surface area (TPSA) is 15.3 Å². The van der Waals surface area contributed by atoms with Gasteiger partial charge in [0.2, 0.25) is 0 Å². The lowest BCUT2D eigenvalue weighted by molar-refractivity contribution is 0.323. The summed E-state index contributed by atoms with van der Waals surface area (Å²) < 4.78 is 1.13. The van der Waals surface area contributed by atoms with Crippen molar-refractivity contribution in [3.8, 4) is 0 Å². The minimum Gasteiger partial charge on any atom is -0.313 e. The van der Waals surface area contributed by atoms with E-state index in [1.165, 1.54) is 18.4 Å². The second-order valence-corrected chi connectivity index (χ2v) is 5.99. The minimum absolute atomic E-state index is 0.793. The third-order valence-electron chi connectivity index (χ3n) is 2.95. The Bertz CT molecular complexity index is 380. The Morgan fingerprint density at radius 3 is 2.94 bits per heavy atom. The van der Waals surface area contributed by atoms with Crippen LogP contribution in [0.2, 0.25) is 5.02 Å². The fraction of sp³-hybridized carbons (Fsp3) is 0.538. The normalized spacial score (nSPS) is 15.5. The molecule has 1 aliphatic carbocycles. The van der Waals surface area contributed by atoms with E-state index in [0.717, 1.165) is 35.2 Å². The summed E-state index contributed by atoms with van der Waals surface area (Å²) in [6.45, 7) is 3.06. The summed E-state index contributed by atoms with van der Waals surface area (Å²) in [5.41, 5.74) is 1.24. The molecule has 1 aromatic rings. The van der Waals surface area contributed by atoms with Gasteiger partial charge in [-0.05, 0) is 43.7 Å². The van der Waals surface area contributed by atoms with E-state index in [2.05, 4.69) is 33.2 Å². The highest BCUT2D eigenvalue weighted by molar-refractivity contribution is 9.10. The van der Waals surface area contributed by atoms with Crippen molar-refractivity contribution in [1.82, 2.24) is 10.2 Å². The molecule has 0 radical (unpaired) electrons. The van der Waals surface area contributed by atoms with Crippen LogP contribution in [0.25, 0.3) is 0 Å². The lowest BCUT2D eigenvalue weighted by Crippen LogP contribution is -2.30. The molecular formula is C13H18BrClN2. The first kappa shape index (κ1) is 13.3. The summed E-state index contributed by atoms with van der Waals surface area (Å²) in [6, 6.07) is 6.73. The summed E-state index contributed by atoms with van der Waals surface area (Å²) in [5.74, 6) is 0. The molecule has 1 N–H and O–H groups in total. The zero-order valence-electron chi connectivity index (χ0n) is 10.0. The molecular weight excluding hydrogens is 300 g/mol. The summed E-state index contributed by atoms with van der Waals surface area (Å²) in [5, 5.41) is 4.32. The molecule has 0 amide bonds. The van der Waals surface area contributed by atoms with Gasteiger partial charge in [-0.15, -0.1) is 0 Å². The number of nitrogens with zero attached hydrogens (tertiary/aromatic N) is 1. The number of hydrogen-bond acceptors (Lipinski definition) is 2. The van der Waals surface area contributed by atoms with Gasteiger partial charge in [-0.1, -0.05) is 27.5 Å². The largest absolute Gasteiger partial charge is 0.313 e. The van der Waals surface area contributed by atoms with Crippen molar-refractivity contribution in [2.75, 3.05) is 20.1 Å². The molecule has 1 aromatic carbocycles. The highest BCUT2D eigenvalue weighted by Crippen LogP contribution is 2.22. The van der Waals surface area contributed by atoms with E-state index in [-0.39, 0.29) is 0 Å². The van der Waals surface area contributed by atoms with E-state index in [1.807, 2.05) is 18.2 Å². The maximum atomic E-state index is 6.00. The monoisotopic (exact) mass is 316 g/mol. The van der Waals surface area contributed by atoms with Crippen molar-refractivity contribution < 1.29 is 0 Å². The average molecular weight is 318 g/mol. The van der Waals surface area contributed by atoms with Gasteiger partial charge in [0.25, 0.3) is 0 Å². The van der Waals surface area contributed by atoms with Crippen molar-refractivity contribution in [2.24, 2.45) is 0 Å². The fourth-order valence-electron chi connectivity index (χ4n) is 1.78. The van der Waals surface area contributed by atoms with Gasteiger partial charge in [0.1, 0.15) is 0 Å². The van der Waals surface area contributed by atoms with E-state index >= 15 is 0 Å². The highest BCUT2D eigenvalue weighted by Gasteiger charge is 2.19. The summed E-state index contributed by atoms with van der Waals surface area (Å²) in [6.07, 6.45) is 2.70.